The first kappa shape index (κ1) is 11.2. The third-order valence-electron chi connectivity index (χ3n) is 3.56. The van der Waals surface area contributed by atoms with E-state index in [1.807, 2.05) is 30.3 Å². The van der Waals surface area contributed by atoms with Crippen LogP contribution in [0.3, 0.4) is 0 Å². The lowest BCUT2D eigenvalue weighted by Gasteiger charge is -2.26. The molecule has 0 saturated carbocycles. The number of hydrogen-bond donors (Lipinski definition) is 1. The lowest BCUT2D eigenvalue weighted by Crippen LogP contribution is -2.13. The third kappa shape index (κ3) is 1.87. The Labute approximate surface area is 107 Å². The van der Waals surface area contributed by atoms with Gasteiger partial charge < -0.3 is 5.11 Å². The Hall–Kier alpha value is -1.86. The second-order valence-corrected chi connectivity index (χ2v) is 4.87. The van der Waals surface area contributed by atoms with Gasteiger partial charge in [-0.25, -0.2) is 0 Å². The van der Waals surface area contributed by atoms with Crippen LogP contribution in [0.25, 0.3) is 6.08 Å². The lowest BCUT2D eigenvalue weighted by atomic mass is 9.82. The predicted molar refractivity (Wildman–Crippen MR) is 74.4 cm³/mol. The molecule has 0 spiro atoms. The van der Waals surface area contributed by atoms with E-state index >= 15 is 0 Å². The van der Waals surface area contributed by atoms with Gasteiger partial charge in [0.1, 0.15) is 0 Å². The Kier molecular flexibility index (Phi) is 2.77. The van der Waals surface area contributed by atoms with Gasteiger partial charge in [-0.2, -0.15) is 0 Å². The molecular formula is C17H16O. The van der Waals surface area contributed by atoms with Crippen LogP contribution in [0.5, 0.6) is 0 Å². The summed E-state index contributed by atoms with van der Waals surface area (Å²) in [6, 6.07) is 16.4. The molecule has 1 heteroatoms. The summed E-state index contributed by atoms with van der Waals surface area (Å²) in [7, 11) is 0. The van der Waals surface area contributed by atoms with E-state index in [2.05, 4.69) is 37.3 Å². The van der Waals surface area contributed by atoms with E-state index in [9.17, 15) is 5.11 Å². The molecule has 0 radical (unpaired) electrons. The highest BCUT2D eigenvalue weighted by atomic mass is 16.3. The summed E-state index contributed by atoms with van der Waals surface area (Å²) in [6.07, 6.45) is 3.75. The average molecular weight is 236 g/mol. The molecule has 0 unspecified atom stereocenters. The van der Waals surface area contributed by atoms with Crippen LogP contribution < -0.4 is 0 Å². The summed E-state index contributed by atoms with van der Waals surface area (Å²) in [5, 5.41) is 10.5. The summed E-state index contributed by atoms with van der Waals surface area (Å²) >= 11 is 0. The van der Waals surface area contributed by atoms with Gasteiger partial charge in [-0.15, -0.1) is 0 Å². The molecule has 0 heterocycles. The zero-order valence-corrected chi connectivity index (χ0v) is 10.4. The topological polar surface area (TPSA) is 20.2 Å². The van der Waals surface area contributed by atoms with Gasteiger partial charge in [-0.1, -0.05) is 66.2 Å². The molecule has 1 nitrogen and oxygen atoms in total. The van der Waals surface area contributed by atoms with Gasteiger partial charge in [0.25, 0.3) is 0 Å². The van der Waals surface area contributed by atoms with E-state index in [0.717, 1.165) is 11.1 Å². The van der Waals surface area contributed by atoms with Gasteiger partial charge in [0, 0.05) is 5.92 Å². The van der Waals surface area contributed by atoms with Crippen molar-refractivity contribution in [3.05, 3.63) is 76.9 Å². The molecule has 0 saturated heterocycles. The zero-order valence-electron chi connectivity index (χ0n) is 10.4. The van der Waals surface area contributed by atoms with E-state index in [1.54, 1.807) is 0 Å². The van der Waals surface area contributed by atoms with Crippen molar-refractivity contribution < 1.29 is 5.11 Å². The van der Waals surface area contributed by atoms with Gasteiger partial charge in [-0.05, 0) is 23.6 Å². The highest BCUT2D eigenvalue weighted by molar-refractivity contribution is 5.60. The first-order valence-corrected chi connectivity index (χ1v) is 6.27. The Morgan fingerprint density at radius 3 is 2.67 bits per heavy atom. The normalized spacial score (nSPS) is 21.7. The van der Waals surface area contributed by atoms with E-state index in [1.165, 1.54) is 11.1 Å². The van der Waals surface area contributed by atoms with Crippen LogP contribution in [-0.4, -0.2) is 5.11 Å². The smallest absolute Gasteiger partial charge is 0.0899 e. The van der Waals surface area contributed by atoms with Gasteiger partial charge in [0.2, 0.25) is 0 Å². The molecule has 2 aromatic carbocycles. The highest BCUT2D eigenvalue weighted by Crippen LogP contribution is 2.38. The monoisotopic (exact) mass is 236 g/mol. The Balaban J connectivity index is 2.03. The van der Waals surface area contributed by atoms with Crippen LogP contribution in [0, 0.1) is 6.92 Å². The van der Waals surface area contributed by atoms with Crippen molar-refractivity contribution in [2.75, 3.05) is 0 Å². The minimum absolute atomic E-state index is 0.0554. The fraction of sp³-hybridized carbons (Fsp3) is 0.176. The molecule has 3 rings (SSSR count). The van der Waals surface area contributed by atoms with Gasteiger partial charge in [-0.3, -0.25) is 0 Å². The van der Waals surface area contributed by atoms with Gasteiger partial charge in [0.15, 0.2) is 0 Å². The second-order valence-electron chi connectivity index (χ2n) is 4.87. The molecule has 0 bridgehead atoms. The molecule has 1 aliphatic rings. The molecule has 2 atom stereocenters. The van der Waals surface area contributed by atoms with Crippen LogP contribution in [0.4, 0.5) is 0 Å². The Morgan fingerprint density at radius 2 is 1.83 bits per heavy atom. The number of benzene rings is 2. The minimum Gasteiger partial charge on any atom is -0.387 e. The third-order valence-corrected chi connectivity index (χ3v) is 3.56. The molecule has 0 aromatic heterocycles. The molecule has 0 fully saturated rings. The Bertz CT molecular complexity index is 598. The largest absolute Gasteiger partial charge is 0.387 e. The van der Waals surface area contributed by atoms with Crippen molar-refractivity contribution in [3.63, 3.8) is 0 Å². The number of fused-ring (bicyclic) bond motifs is 1. The van der Waals surface area contributed by atoms with E-state index < -0.39 is 6.10 Å². The van der Waals surface area contributed by atoms with Crippen molar-refractivity contribution >= 4 is 6.08 Å². The maximum atomic E-state index is 10.5. The van der Waals surface area contributed by atoms with Gasteiger partial charge >= 0.3 is 0 Å². The second kappa shape index (κ2) is 4.43. The molecule has 1 aliphatic carbocycles. The van der Waals surface area contributed by atoms with Crippen molar-refractivity contribution in [1.29, 1.82) is 0 Å². The van der Waals surface area contributed by atoms with Crippen LogP contribution in [0.15, 0.2) is 54.6 Å². The number of hydrogen-bond acceptors (Lipinski definition) is 1. The molecule has 1 N–H and O–H groups in total. The first-order valence-electron chi connectivity index (χ1n) is 6.27. The number of aryl methyl sites for hydroxylation is 1. The average Bonchev–Trinajstić information content (AvgIpc) is 2.39. The van der Waals surface area contributed by atoms with Crippen molar-refractivity contribution in [1.82, 2.24) is 0 Å². The number of rotatable bonds is 1. The summed E-state index contributed by atoms with van der Waals surface area (Å²) in [4.78, 5) is 0. The molecule has 0 aliphatic heterocycles. The maximum Gasteiger partial charge on any atom is 0.0899 e. The van der Waals surface area contributed by atoms with E-state index in [0.29, 0.717) is 0 Å². The van der Waals surface area contributed by atoms with Crippen molar-refractivity contribution in [3.8, 4) is 0 Å². The lowest BCUT2D eigenvalue weighted by molar-refractivity contribution is 0.160. The molecule has 90 valence electrons. The van der Waals surface area contributed by atoms with Gasteiger partial charge in [0.05, 0.1) is 6.10 Å². The fourth-order valence-corrected chi connectivity index (χ4v) is 2.61. The molecule has 18 heavy (non-hydrogen) atoms. The first-order chi connectivity index (χ1) is 8.75. The minimum atomic E-state index is -0.451. The quantitative estimate of drug-likeness (QED) is 0.797. The van der Waals surface area contributed by atoms with Crippen molar-refractivity contribution in [2.45, 2.75) is 18.9 Å². The highest BCUT2D eigenvalue weighted by Gasteiger charge is 2.25. The summed E-state index contributed by atoms with van der Waals surface area (Å²) < 4.78 is 0. The maximum absolute atomic E-state index is 10.5. The van der Waals surface area contributed by atoms with Crippen LogP contribution in [-0.2, 0) is 0 Å². The standard InChI is InChI=1S/C17H16O/c1-12-5-4-7-14(11-12)16-10-9-13-6-2-3-8-15(13)17(16)18/h2-11,16-18H,1H3/t16-,17-/m1/s1. The van der Waals surface area contributed by atoms with E-state index in [-0.39, 0.29) is 5.92 Å². The van der Waals surface area contributed by atoms with Crippen molar-refractivity contribution in [2.24, 2.45) is 0 Å². The molecular weight excluding hydrogens is 220 g/mol. The van der Waals surface area contributed by atoms with E-state index in [4.69, 9.17) is 0 Å². The van der Waals surface area contributed by atoms with Crippen LogP contribution >= 0.6 is 0 Å². The SMILES string of the molecule is Cc1cccc([C@H]2C=Cc3ccccc3[C@H]2O)c1. The molecule has 2 aromatic rings. The predicted octanol–water partition coefficient (Wildman–Crippen LogP) is 3.84. The summed E-state index contributed by atoms with van der Waals surface area (Å²) in [5.74, 6) is 0.0554. The fourth-order valence-electron chi connectivity index (χ4n) is 2.61. The number of aliphatic hydroxyl groups excluding tert-OH is 1. The van der Waals surface area contributed by atoms with Crippen LogP contribution in [0.1, 0.15) is 34.3 Å². The zero-order chi connectivity index (χ0) is 12.5. The summed E-state index contributed by atoms with van der Waals surface area (Å²) in [6.45, 7) is 2.08. The molecule has 0 amide bonds. The Morgan fingerprint density at radius 1 is 1.00 bits per heavy atom. The van der Waals surface area contributed by atoms with Crippen LogP contribution in [0.2, 0.25) is 0 Å². The summed E-state index contributed by atoms with van der Waals surface area (Å²) in [5.41, 5.74) is 4.54. The number of aliphatic hydroxyl groups is 1.